The van der Waals surface area contributed by atoms with E-state index in [1.165, 1.54) is 0 Å². The first-order chi connectivity index (χ1) is 3.89. The van der Waals surface area contributed by atoms with Crippen molar-refractivity contribution in [1.29, 1.82) is 0 Å². The number of epoxide rings is 1. The Balaban J connectivity index is 2.19. The van der Waals surface area contributed by atoms with Gasteiger partial charge in [0, 0.05) is 6.42 Å². The molecule has 0 N–H and O–H groups in total. The fourth-order valence-corrected chi connectivity index (χ4v) is 1.54. The minimum absolute atomic E-state index is 0.0741. The van der Waals surface area contributed by atoms with Crippen LogP contribution in [0.1, 0.15) is 6.42 Å². The van der Waals surface area contributed by atoms with Crippen LogP contribution in [-0.2, 0) is 9.47 Å². The number of ether oxygens (including phenoxy) is 2. The van der Waals surface area contributed by atoms with Crippen LogP contribution in [0.3, 0.4) is 0 Å². The molecule has 2 heteroatoms. The normalized spacial score (nSPS) is 64.0. The maximum Gasteiger partial charge on any atom is 0.192 e. The molecular weight excluding hydrogens is 104 g/mol. The maximum absolute atomic E-state index is 5.32. The quantitative estimate of drug-likeness (QED) is 0.333. The molecule has 0 aromatic carbocycles. The maximum atomic E-state index is 5.32. The second-order valence-corrected chi connectivity index (χ2v) is 2.64. The van der Waals surface area contributed by atoms with Gasteiger partial charge in [0.1, 0.15) is 5.60 Å². The molecule has 2 fully saturated rings. The first-order valence-electron chi connectivity index (χ1n) is 2.92. The van der Waals surface area contributed by atoms with Crippen LogP contribution >= 0.6 is 0 Å². The number of fused-ring (bicyclic) bond motifs is 1. The lowest BCUT2D eigenvalue weighted by molar-refractivity contribution is 0.0137. The van der Waals surface area contributed by atoms with Gasteiger partial charge in [-0.1, -0.05) is 6.08 Å². The predicted octanol–water partition coefficient (Wildman–Crippen LogP) is 0.440. The van der Waals surface area contributed by atoms with E-state index in [0.717, 1.165) is 6.42 Å². The Labute approximate surface area is 47.1 Å². The van der Waals surface area contributed by atoms with Gasteiger partial charge >= 0.3 is 0 Å². The van der Waals surface area contributed by atoms with Crippen molar-refractivity contribution in [3.63, 3.8) is 0 Å². The van der Waals surface area contributed by atoms with Crippen LogP contribution in [0.15, 0.2) is 12.2 Å². The van der Waals surface area contributed by atoms with Gasteiger partial charge in [0.25, 0.3) is 0 Å². The van der Waals surface area contributed by atoms with Crippen LogP contribution in [0.5, 0.6) is 0 Å². The summed E-state index contributed by atoms with van der Waals surface area (Å²) in [5.74, 6) is 0. The average Bonchev–Trinajstić information content (AvgIpc) is 2.13. The summed E-state index contributed by atoms with van der Waals surface area (Å²) in [5, 5.41) is 0. The van der Waals surface area contributed by atoms with E-state index in [1.807, 2.05) is 0 Å². The first-order valence-corrected chi connectivity index (χ1v) is 2.92. The highest BCUT2D eigenvalue weighted by Crippen LogP contribution is 2.53. The summed E-state index contributed by atoms with van der Waals surface area (Å²) in [6.45, 7) is 0. The van der Waals surface area contributed by atoms with Crippen molar-refractivity contribution in [3.8, 4) is 0 Å². The number of rotatable bonds is 0. The van der Waals surface area contributed by atoms with Gasteiger partial charge in [-0.05, 0) is 6.08 Å². The third-order valence-corrected chi connectivity index (χ3v) is 2.08. The summed E-state index contributed by atoms with van der Waals surface area (Å²) in [7, 11) is 0. The summed E-state index contributed by atoms with van der Waals surface area (Å²) in [5.41, 5.74) is 0.0741. The Hall–Kier alpha value is -0.340. The zero-order chi connectivity index (χ0) is 5.19. The first kappa shape index (κ1) is 3.64. The van der Waals surface area contributed by atoms with Crippen molar-refractivity contribution in [2.75, 3.05) is 0 Å². The van der Waals surface area contributed by atoms with Crippen molar-refractivity contribution in [1.82, 2.24) is 0 Å². The minimum atomic E-state index is 0.0741. The zero-order valence-electron chi connectivity index (χ0n) is 4.33. The molecule has 3 aliphatic rings. The van der Waals surface area contributed by atoms with Crippen LogP contribution in [-0.4, -0.2) is 18.0 Å². The Morgan fingerprint density at radius 1 is 1.62 bits per heavy atom. The summed E-state index contributed by atoms with van der Waals surface area (Å²) in [4.78, 5) is 0. The number of hydrogen-bond acceptors (Lipinski definition) is 2. The van der Waals surface area contributed by atoms with Gasteiger partial charge in [-0.3, -0.25) is 0 Å². The number of hydrogen-bond donors (Lipinski definition) is 0. The van der Waals surface area contributed by atoms with E-state index in [4.69, 9.17) is 9.47 Å². The van der Waals surface area contributed by atoms with E-state index in [0.29, 0.717) is 6.10 Å². The lowest BCUT2D eigenvalue weighted by atomic mass is 10.1. The molecule has 3 unspecified atom stereocenters. The molecule has 1 spiro atoms. The average molecular weight is 110 g/mol. The summed E-state index contributed by atoms with van der Waals surface area (Å²) in [6, 6.07) is 0. The summed E-state index contributed by atoms with van der Waals surface area (Å²) >= 11 is 0. The molecule has 0 radical (unpaired) electrons. The molecule has 0 aromatic rings. The third kappa shape index (κ3) is 0.220. The van der Waals surface area contributed by atoms with Gasteiger partial charge in [0.15, 0.2) is 6.29 Å². The largest absolute Gasteiger partial charge is 0.342 e. The van der Waals surface area contributed by atoms with Crippen LogP contribution in [0.25, 0.3) is 0 Å². The molecule has 3 atom stereocenters. The monoisotopic (exact) mass is 110 g/mol. The van der Waals surface area contributed by atoms with Gasteiger partial charge < -0.3 is 9.47 Å². The molecular formula is C6H6O2. The Kier molecular flexibility index (Phi) is 0.350. The Bertz CT molecular complexity index is 175. The van der Waals surface area contributed by atoms with Gasteiger partial charge in [-0.2, -0.15) is 0 Å². The highest BCUT2D eigenvalue weighted by atomic mass is 16.8. The van der Waals surface area contributed by atoms with E-state index in [2.05, 4.69) is 12.2 Å². The SMILES string of the molecule is C1=CC23CC1OC2O3. The standard InChI is InChI=1S/C6H6O2/c1-2-6-3-4(1)7-5(6)8-6/h1-2,4-5H,3H2. The molecule has 2 bridgehead atoms. The molecule has 0 aromatic heterocycles. The van der Waals surface area contributed by atoms with Gasteiger partial charge in [0.05, 0.1) is 6.10 Å². The molecule has 0 amide bonds. The minimum Gasteiger partial charge on any atom is -0.342 e. The molecule has 2 aliphatic heterocycles. The van der Waals surface area contributed by atoms with Gasteiger partial charge in [-0.15, -0.1) is 0 Å². The Morgan fingerprint density at radius 3 is 3.00 bits per heavy atom. The van der Waals surface area contributed by atoms with Crippen molar-refractivity contribution < 1.29 is 9.47 Å². The van der Waals surface area contributed by atoms with Crippen LogP contribution in [0.2, 0.25) is 0 Å². The van der Waals surface area contributed by atoms with Crippen LogP contribution < -0.4 is 0 Å². The van der Waals surface area contributed by atoms with E-state index in [-0.39, 0.29) is 11.9 Å². The molecule has 42 valence electrons. The van der Waals surface area contributed by atoms with E-state index in [9.17, 15) is 0 Å². The molecule has 2 saturated heterocycles. The fraction of sp³-hybridized carbons (Fsp3) is 0.667. The molecule has 0 saturated carbocycles. The van der Waals surface area contributed by atoms with Crippen molar-refractivity contribution in [3.05, 3.63) is 12.2 Å². The van der Waals surface area contributed by atoms with Crippen LogP contribution in [0.4, 0.5) is 0 Å². The highest BCUT2D eigenvalue weighted by molar-refractivity contribution is 5.27. The molecule has 2 nitrogen and oxygen atoms in total. The van der Waals surface area contributed by atoms with E-state index >= 15 is 0 Å². The van der Waals surface area contributed by atoms with Crippen molar-refractivity contribution >= 4 is 0 Å². The van der Waals surface area contributed by atoms with Crippen LogP contribution in [0, 0.1) is 0 Å². The topological polar surface area (TPSA) is 21.8 Å². The summed E-state index contributed by atoms with van der Waals surface area (Å²) in [6.07, 6.45) is 5.80. The van der Waals surface area contributed by atoms with Crippen molar-refractivity contribution in [2.45, 2.75) is 24.4 Å². The van der Waals surface area contributed by atoms with E-state index < -0.39 is 0 Å². The lowest BCUT2D eigenvalue weighted by Gasteiger charge is -1.99. The summed E-state index contributed by atoms with van der Waals surface area (Å²) < 4.78 is 10.5. The third-order valence-electron chi connectivity index (χ3n) is 2.08. The lowest BCUT2D eigenvalue weighted by Crippen LogP contribution is -2.02. The zero-order valence-corrected chi connectivity index (χ0v) is 4.33. The Morgan fingerprint density at radius 2 is 2.62 bits per heavy atom. The molecule has 2 heterocycles. The fourth-order valence-electron chi connectivity index (χ4n) is 1.54. The van der Waals surface area contributed by atoms with Gasteiger partial charge in [0.2, 0.25) is 0 Å². The predicted molar refractivity (Wildman–Crippen MR) is 26.2 cm³/mol. The smallest absolute Gasteiger partial charge is 0.192 e. The second kappa shape index (κ2) is 0.769. The van der Waals surface area contributed by atoms with Crippen molar-refractivity contribution in [2.24, 2.45) is 0 Å². The highest BCUT2D eigenvalue weighted by Gasteiger charge is 2.65. The molecule has 3 rings (SSSR count). The van der Waals surface area contributed by atoms with E-state index in [1.54, 1.807) is 0 Å². The molecule has 1 aliphatic carbocycles. The molecule has 8 heavy (non-hydrogen) atoms. The van der Waals surface area contributed by atoms with Gasteiger partial charge in [-0.25, -0.2) is 0 Å². The second-order valence-electron chi connectivity index (χ2n) is 2.64.